The molecular formula is C19H28IN5O2. The number of halogens is 1. The van der Waals surface area contributed by atoms with E-state index in [9.17, 15) is 0 Å². The molecule has 0 atom stereocenters. The van der Waals surface area contributed by atoms with E-state index in [0.717, 1.165) is 48.2 Å². The number of fused-ring (bicyclic) bond motifs is 1. The van der Waals surface area contributed by atoms with Gasteiger partial charge in [0.15, 0.2) is 17.5 Å². The van der Waals surface area contributed by atoms with Crippen molar-refractivity contribution in [1.82, 2.24) is 15.1 Å². The fourth-order valence-electron chi connectivity index (χ4n) is 3.04. The Morgan fingerprint density at radius 1 is 1.22 bits per heavy atom. The van der Waals surface area contributed by atoms with Gasteiger partial charge in [0.1, 0.15) is 0 Å². The lowest BCUT2D eigenvalue weighted by atomic mass is 10.1. The van der Waals surface area contributed by atoms with E-state index in [1.807, 2.05) is 36.9 Å². The van der Waals surface area contributed by atoms with E-state index in [2.05, 4.69) is 27.6 Å². The Labute approximate surface area is 177 Å². The second kappa shape index (κ2) is 9.82. The van der Waals surface area contributed by atoms with E-state index >= 15 is 0 Å². The number of nitrogens with zero attached hydrogens (tertiary/aromatic N) is 3. The van der Waals surface area contributed by atoms with Gasteiger partial charge < -0.3 is 20.1 Å². The van der Waals surface area contributed by atoms with Crippen molar-refractivity contribution in [3.05, 3.63) is 35.2 Å². The van der Waals surface area contributed by atoms with Gasteiger partial charge >= 0.3 is 0 Å². The predicted molar refractivity (Wildman–Crippen MR) is 119 cm³/mol. The molecule has 0 unspecified atom stereocenters. The number of nitrogens with one attached hydrogen (secondary N) is 2. The van der Waals surface area contributed by atoms with Crippen LogP contribution in [-0.2, 0) is 13.5 Å². The van der Waals surface area contributed by atoms with E-state index < -0.39 is 0 Å². The second-order valence-corrected chi connectivity index (χ2v) is 6.36. The molecular weight excluding hydrogens is 457 g/mol. The summed E-state index contributed by atoms with van der Waals surface area (Å²) >= 11 is 0. The zero-order chi connectivity index (χ0) is 18.5. The van der Waals surface area contributed by atoms with Crippen molar-refractivity contribution in [2.24, 2.45) is 12.0 Å². The van der Waals surface area contributed by atoms with Gasteiger partial charge in [0.25, 0.3) is 0 Å². The smallest absolute Gasteiger partial charge is 0.195 e. The summed E-state index contributed by atoms with van der Waals surface area (Å²) in [5.74, 6) is 2.28. The first-order valence-electron chi connectivity index (χ1n) is 8.95. The number of hydrogen-bond donors (Lipinski definition) is 2. The van der Waals surface area contributed by atoms with Gasteiger partial charge in [-0.15, -0.1) is 24.0 Å². The van der Waals surface area contributed by atoms with Crippen LogP contribution in [0.4, 0.5) is 5.69 Å². The fraction of sp³-hybridized carbons (Fsp3) is 0.474. The van der Waals surface area contributed by atoms with Gasteiger partial charge in [0, 0.05) is 44.5 Å². The zero-order valence-corrected chi connectivity index (χ0v) is 18.7. The van der Waals surface area contributed by atoms with Crippen molar-refractivity contribution in [1.29, 1.82) is 0 Å². The lowest BCUT2D eigenvalue weighted by molar-refractivity contribution is 0.297. The lowest BCUT2D eigenvalue weighted by Gasteiger charge is -2.14. The number of aryl methyl sites for hydroxylation is 2. The molecule has 0 aliphatic carbocycles. The second-order valence-electron chi connectivity index (χ2n) is 6.36. The average Bonchev–Trinajstić information content (AvgIpc) is 2.81. The maximum Gasteiger partial charge on any atom is 0.195 e. The largest absolute Gasteiger partial charge is 0.490 e. The summed E-state index contributed by atoms with van der Waals surface area (Å²) in [6.07, 6.45) is 1.79. The van der Waals surface area contributed by atoms with Crippen molar-refractivity contribution in [3.63, 3.8) is 0 Å². The first kappa shape index (κ1) is 21.3. The third-order valence-corrected chi connectivity index (χ3v) is 4.56. The minimum atomic E-state index is 0. The van der Waals surface area contributed by atoms with Crippen LogP contribution in [0.2, 0.25) is 0 Å². The highest BCUT2D eigenvalue weighted by molar-refractivity contribution is 14.0. The molecule has 0 radical (unpaired) electrons. The fourth-order valence-corrected chi connectivity index (χ4v) is 3.04. The van der Waals surface area contributed by atoms with Crippen molar-refractivity contribution < 1.29 is 9.47 Å². The van der Waals surface area contributed by atoms with E-state index in [4.69, 9.17) is 9.47 Å². The summed E-state index contributed by atoms with van der Waals surface area (Å²) in [7, 11) is 3.74. The first-order chi connectivity index (χ1) is 12.6. The Kier molecular flexibility index (Phi) is 7.76. The molecule has 0 bridgehead atoms. The molecule has 1 aromatic carbocycles. The van der Waals surface area contributed by atoms with Gasteiger partial charge in [-0.2, -0.15) is 5.10 Å². The summed E-state index contributed by atoms with van der Waals surface area (Å²) in [5, 5.41) is 11.1. The highest BCUT2D eigenvalue weighted by Gasteiger charge is 2.12. The van der Waals surface area contributed by atoms with Crippen LogP contribution in [0.3, 0.4) is 0 Å². The van der Waals surface area contributed by atoms with Crippen LogP contribution in [0.25, 0.3) is 0 Å². The van der Waals surface area contributed by atoms with Crippen molar-refractivity contribution in [2.75, 3.05) is 32.1 Å². The summed E-state index contributed by atoms with van der Waals surface area (Å²) in [6, 6.07) is 5.84. The number of aromatic nitrogens is 2. The van der Waals surface area contributed by atoms with Crippen LogP contribution in [0.15, 0.2) is 23.2 Å². The van der Waals surface area contributed by atoms with Gasteiger partial charge in [-0.05, 0) is 38.0 Å². The Morgan fingerprint density at radius 2 is 1.96 bits per heavy atom. The predicted octanol–water partition coefficient (Wildman–Crippen LogP) is 3.05. The molecule has 1 aromatic heterocycles. The van der Waals surface area contributed by atoms with Gasteiger partial charge in [-0.25, -0.2) is 0 Å². The maximum atomic E-state index is 5.74. The number of guanidine groups is 1. The van der Waals surface area contributed by atoms with Crippen LogP contribution in [0, 0.1) is 13.8 Å². The molecule has 2 aromatic rings. The van der Waals surface area contributed by atoms with E-state index in [1.54, 1.807) is 7.05 Å². The number of benzene rings is 1. The summed E-state index contributed by atoms with van der Waals surface area (Å²) < 4.78 is 13.3. The van der Waals surface area contributed by atoms with Crippen LogP contribution in [0.5, 0.6) is 11.5 Å². The molecule has 0 amide bonds. The highest BCUT2D eigenvalue weighted by atomic mass is 127. The third kappa shape index (κ3) is 5.27. The normalized spacial score (nSPS) is 13.6. The molecule has 0 spiro atoms. The number of aliphatic imine (C=N–C) groups is 1. The van der Waals surface area contributed by atoms with Gasteiger partial charge in [0.05, 0.1) is 18.9 Å². The van der Waals surface area contributed by atoms with Crippen molar-refractivity contribution in [2.45, 2.75) is 26.7 Å². The molecule has 8 heteroatoms. The van der Waals surface area contributed by atoms with Gasteiger partial charge in [-0.1, -0.05) is 0 Å². The molecule has 27 heavy (non-hydrogen) atoms. The molecule has 1 aliphatic heterocycles. The Hall–Kier alpha value is -1.97. The number of hydrogen-bond acceptors (Lipinski definition) is 4. The third-order valence-electron chi connectivity index (χ3n) is 4.56. The Balaban J connectivity index is 0.00000261. The summed E-state index contributed by atoms with van der Waals surface area (Å²) in [4.78, 5) is 4.30. The lowest BCUT2D eigenvalue weighted by Crippen LogP contribution is -2.32. The molecule has 3 rings (SSSR count). The van der Waals surface area contributed by atoms with E-state index in [0.29, 0.717) is 13.2 Å². The topological polar surface area (TPSA) is 72.7 Å². The van der Waals surface area contributed by atoms with Gasteiger partial charge in [-0.3, -0.25) is 9.67 Å². The van der Waals surface area contributed by atoms with Crippen molar-refractivity contribution >= 4 is 35.6 Å². The maximum absolute atomic E-state index is 5.74. The van der Waals surface area contributed by atoms with Crippen LogP contribution >= 0.6 is 24.0 Å². The van der Waals surface area contributed by atoms with Crippen LogP contribution in [0.1, 0.15) is 23.4 Å². The molecule has 1 aliphatic rings. The number of rotatable bonds is 4. The highest BCUT2D eigenvalue weighted by Crippen LogP contribution is 2.32. The first-order valence-corrected chi connectivity index (χ1v) is 8.95. The van der Waals surface area contributed by atoms with Crippen LogP contribution < -0.4 is 20.1 Å². The molecule has 2 N–H and O–H groups in total. The average molecular weight is 485 g/mol. The van der Waals surface area contributed by atoms with Gasteiger partial charge in [0.2, 0.25) is 0 Å². The summed E-state index contributed by atoms with van der Waals surface area (Å²) in [5.41, 5.74) is 4.48. The SMILES string of the molecule is CN=C(NCCc1c(C)nn(C)c1C)Nc1ccc2c(c1)OCCCO2.I. The number of ether oxygens (including phenoxy) is 2. The molecule has 0 saturated heterocycles. The molecule has 2 heterocycles. The van der Waals surface area contributed by atoms with E-state index in [-0.39, 0.29) is 24.0 Å². The molecule has 0 fully saturated rings. The summed E-state index contributed by atoms with van der Waals surface area (Å²) in [6.45, 7) is 6.29. The standard InChI is InChI=1S/C19H27N5O2.HI/c1-13-16(14(2)24(4)23-13)8-9-21-19(20-3)22-15-6-7-17-18(12-15)26-11-5-10-25-17;/h6-7,12H,5,8-11H2,1-4H3,(H2,20,21,22);1H. The van der Waals surface area contributed by atoms with E-state index in [1.165, 1.54) is 11.3 Å². The van der Waals surface area contributed by atoms with Crippen molar-refractivity contribution in [3.8, 4) is 11.5 Å². The zero-order valence-electron chi connectivity index (χ0n) is 16.3. The Morgan fingerprint density at radius 3 is 2.63 bits per heavy atom. The molecule has 148 valence electrons. The minimum absolute atomic E-state index is 0. The quantitative estimate of drug-likeness (QED) is 0.396. The molecule has 7 nitrogen and oxygen atoms in total. The number of anilines is 1. The molecule has 0 saturated carbocycles. The monoisotopic (exact) mass is 485 g/mol. The minimum Gasteiger partial charge on any atom is -0.490 e. The Bertz CT molecular complexity index is 804. The van der Waals surface area contributed by atoms with Crippen LogP contribution in [-0.4, -0.2) is 42.5 Å².